The van der Waals surface area contributed by atoms with Crippen molar-refractivity contribution in [2.75, 3.05) is 13.1 Å². The minimum absolute atomic E-state index is 0.0101. The van der Waals surface area contributed by atoms with E-state index in [1.54, 1.807) is 4.90 Å². The summed E-state index contributed by atoms with van der Waals surface area (Å²) in [5, 5.41) is 11.4. The predicted octanol–water partition coefficient (Wildman–Crippen LogP) is 3.33. The summed E-state index contributed by atoms with van der Waals surface area (Å²) in [5.74, 6) is -2.93. The van der Waals surface area contributed by atoms with Gasteiger partial charge in [0.05, 0.1) is 12.2 Å². The molecule has 2 heterocycles. The Morgan fingerprint density at radius 2 is 1.61 bits per heavy atom. The van der Waals surface area contributed by atoms with Gasteiger partial charge in [-0.25, -0.2) is 4.98 Å². The molecule has 0 radical (unpaired) electrons. The molecule has 3 aliphatic rings. The van der Waals surface area contributed by atoms with E-state index in [1.807, 2.05) is 41.5 Å². The first-order chi connectivity index (χ1) is 24.2. The van der Waals surface area contributed by atoms with Crippen molar-refractivity contribution in [1.82, 2.24) is 36.1 Å². The van der Waals surface area contributed by atoms with Gasteiger partial charge in [-0.2, -0.15) is 0 Å². The number of carbonyl (C=O) groups excluding carboxylic acids is 6. The lowest BCUT2D eigenvalue weighted by atomic mass is 9.80. The van der Waals surface area contributed by atoms with E-state index in [2.05, 4.69) is 31.2 Å². The first-order valence-electron chi connectivity index (χ1n) is 19.0. The number of nitrogens with zero attached hydrogens (tertiary/aromatic N) is 3. The van der Waals surface area contributed by atoms with Crippen LogP contribution in [0.15, 0.2) is 18.6 Å². The molecule has 2 saturated carbocycles. The Labute approximate surface area is 302 Å². The van der Waals surface area contributed by atoms with Crippen LogP contribution in [0.3, 0.4) is 0 Å². The van der Waals surface area contributed by atoms with Gasteiger partial charge < -0.3 is 26.2 Å². The fourth-order valence-corrected chi connectivity index (χ4v) is 7.43. The number of likely N-dealkylation sites (tertiary alicyclic amines) is 1. The molecule has 2 aliphatic carbocycles. The number of hydrogen-bond acceptors (Lipinski definition) is 8. The largest absolute Gasteiger partial charge is 0.349 e. The molecule has 0 bridgehead atoms. The molecule has 1 aliphatic heterocycles. The van der Waals surface area contributed by atoms with Crippen molar-refractivity contribution in [1.29, 1.82) is 0 Å². The first kappa shape index (κ1) is 39.9. The second kappa shape index (κ2) is 18.0. The van der Waals surface area contributed by atoms with Crippen LogP contribution in [0.1, 0.15) is 123 Å². The molecule has 51 heavy (non-hydrogen) atoms. The second-order valence-corrected chi connectivity index (χ2v) is 16.2. The van der Waals surface area contributed by atoms with E-state index < -0.39 is 64.9 Å². The van der Waals surface area contributed by atoms with Crippen LogP contribution in [0.4, 0.5) is 0 Å². The van der Waals surface area contributed by atoms with Gasteiger partial charge in [0, 0.05) is 25.5 Å². The third-order valence-electron chi connectivity index (χ3n) is 10.9. The van der Waals surface area contributed by atoms with E-state index >= 15 is 0 Å². The Morgan fingerprint density at radius 3 is 2.18 bits per heavy atom. The van der Waals surface area contributed by atoms with E-state index in [0.717, 1.165) is 51.4 Å². The molecule has 13 nitrogen and oxygen atoms in total. The molecule has 0 spiro atoms. The minimum atomic E-state index is -1.02. The summed E-state index contributed by atoms with van der Waals surface area (Å²) in [7, 11) is 0. The first-order valence-corrected chi connectivity index (χ1v) is 19.0. The standard InChI is InChI=1S/C38H59N7O6/c1-7-16-41-36(50)31(46)27(19-24-12-11-13-24)42-34(48)29-20-26(23(2)3)22-45(29)37(51)32(38(4,5)6)44-35(49)30(25-14-9-8-10-15-25)43-33(47)28-21-39-17-18-40-28/h17-18,21,23-27,29-30,32H,7-16,19-20,22H2,1-6H3,(H,41,50)(H,42,48)(H,43,47)(H,44,49)/t26-,27?,29+,30+,32-/m1/s1. The lowest BCUT2D eigenvalue weighted by Gasteiger charge is -2.38. The lowest BCUT2D eigenvalue weighted by molar-refractivity contribution is -0.145. The number of Topliss-reactive ketones (excluding diaryl/α,β-unsaturated/α-hetero) is 1. The number of ketones is 1. The summed E-state index contributed by atoms with van der Waals surface area (Å²) >= 11 is 0. The minimum Gasteiger partial charge on any atom is -0.349 e. The maximum Gasteiger partial charge on any atom is 0.289 e. The highest BCUT2D eigenvalue weighted by atomic mass is 16.2. The van der Waals surface area contributed by atoms with Crippen LogP contribution in [-0.4, -0.2) is 87.4 Å². The van der Waals surface area contributed by atoms with Gasteiger partial charge in [-0.1, -0.05) is 80.1 Å². The van der Waals surface area contributed by atoms with Gasteiger partial charge in [-0.3, -0.25) is 33.8 Å². The number of hydrogen-bond donors (Lipinski definition) is 4. The molecular formula is C38H59N7O6. The van der Waals surface area contributed by atoms with Gasteiger partial charge in [0.15, 0.2) is 0 Å². The summed E-state index contributed by atoms with van der Waals surface area (Å²) in [6, 6.07) is -3.77. The Bertz CT molecular complexity index is 1390. The number of carbonyl (C=O) groups is 6. The van der Waals surface area contributed by atoms with Crippen molar-refractivity contribution >= 4 is 35.3 Å². The summed E-state index contributed by atoms with van der Waals surface area (Å²) in [4.78, 5) is 91.7. The summed E-state index contributed by atoms with van der Waals surface area (Å²) in [6.07, 6.45) is 13.0. The second-order valence-electron chi connectivity index (χ2n) is 16.2. The highest BCUT2D eigenvalue weighted by molar-refractivity contribution is 6.38. The zero-order chi connectivity index (χ0) is 37.3. The van der Waals surface area contributed by atoms with Crippen molar-refractivity contribution in [3.05, 3.63) is 24.3 Å². The third-order valence-corrected chi connectivity index (χ3v) is 10.9. The van der Waals surface area contributed by atoms with Crippen LogP contribution < -0.4 is 21.3 Å². The quantitative estimate of drug-likeness (QED) is 0.200. The fraction of sp³-hybridized carbons (Fsp3) is 0.737. The van der Waals surface area contributed by atoms with Crippen LogP contribution in [0.2, 0.25) is 0 Å². The summed E-state index contributed by atoms with van der Waals surface area (Å²) in [6.45, 7) is 12.2. The molecule has 1 saturated heterocycles. The molecule has 5 atom stereocenters. The highest BCUT2D eigenvalue weighted by Crippen LogP contribution is 2.34. The fourth-order valence-electron chi connectivity index (χ4n) is 7.43. The van der Waals surface area contributed by atoms with Crippen molar-refractivity contribution < 1.29 is 28.8 Å². The Balaban J connectivity index is 1.57. The van der Waals surface area contributed by atoms with Gasteiger partial charge in [0.25, 0.3) is 11.8 Å². The molecule has 1 unspecified atom stereocenters. The molecule has 1 aromatic rings. The van der Waals surface area contributed by atoms with Crippen LogP contribution in [0, 0.1) is 29.1 Å². The Morgan fingerprint density at radius 1 is 0.902 bits per heavy atom. The maximum atomic E-state index is 14.6. The smallest absolute Gasteiger partial charge is 0.289 e. The van der Waals surface area contributed by atoms with Crippen LogP contribution >= 0.6 is 0 Å². The zero-order valence-corrected chi connectivity index (χ0v) is 31.3. The third kappa shape index (κ3) is 10.6. The number of aromatic nitrogens is 2. The Hall–Kier alpha value is -3.90. The molecule has 0 aromatic carbocycles. The number of amides is 5. The van der Waals surface area contributed by atoms with E-state index in [9.17, 15) is 28.8 Å². The summed E-state index contributed by atoms with van der Waals surface area (Å²) < 4.78 is 0. The summed E-state index contributed by atoms with van der Waals surface area (Å²) in [5.41, 5.74) is -0.660. The van der Waals surface area contributed by atoms with Crippen molar-refractivity contribution in [3.63, 3.8) is 0 Å². The molecule has 3 fully saturated rings. The monoisotopic (exact) mass is 709 g/mol. The van der Waals surface area contributed by atoms with Gasteiger partial charge in [0.2, 0.25) is 23.5 Å². The van der Waals surface area contributed by atoms with E-state index in [0.29, 0.717) is 32.4 Å². The normalized spacial score (nSPS) is 21.6. The molecule has 5 amide bonds. The zero-order valence-electron chi connectivity index (χ0n) is 31.3. The lowest BCUT2D eigenvalue weighted by Crippen LogP contribution is -2.62. The Kier molecular flexibility index (Phi) is 14.1. The average Bonchev–Trinajstić information content (AvgIpc) is 3.55. The number of rotatable bonds is 15. The van der Waals surface area contributed by atoms with Gasteiger partial charge in [-0.15, -0.1) is 0 Å². The van der Waals surface area contributed by atoms with Crippen molar-refractivity contribution in [2.24, 2.45) is 29.1 Å². The molecule has 4 rings (SSSR count). The molecule has 282 valence electrons. The van der Waals surface area contributed by atoms with Gasteiger partial charge >= 0.3 is 0 Å². The van der Waals surface area contributed by atoms with Crippen LogP contribution in [0.5, 0.6) is 0 Å². The van der Waals surface area contributed by atoms with Gasteiger partial charge in [-0.05, 0) is 61.2 Å². The van der Waals surface area contributed by atoms with Gasteiger partial charge in [0.1, 0.15) is 23.8 Å². The van der Waals surface area contributed by atoms with E-state index in [4.69, 9.17) is 0 Å². The van der Waals surface area contributed by atoms with Crippen molar-refractivity contribution in [2.45, 2.75) is 136 Å². The molecule has 4 N–H and O–H groups in total. The van der Waals surface area contributed by atoms with E-state index in [1.165, 1.54) is 18.6 Å². The topological polar surface area (TPSA) is 180 Å². The highest BCUT2D eigenvalue weighted by Gasteiger charge is 2.47. The predicted molar refractivity (Wildman–Crippen MR) is 192 cm³/mol. The number of nitrogens with one attached hydrogen (secondary N) is 4. The maximum absolute atomic E-state index is 14.6. The van der Waals surface area contributed by atoms with Crippen LogP contribution in [-0.2, 0) is 24.0 Å². The molecule has 1 aromatic heterocycles. The van der Waals surface area contributed by atoms with Crippen molar-refractivity contribution in [3.8, 4) is 0 Å². The molecular weight excluding hydrogens is 650 g/mol. The van der Waals surface area contributed by atoms with Crippen LogP contribution in [0.25, 0.3) is 0 Å². The van der Waals surface area contributed by atoms with E-state index in [-0.39, 0.29) is 29.4 Å². The SMILES string of the molecule is CCCNC(=O)C(=O)C(CC1CCC1)NC(=O)[C@@H]1C[C@@H](C(C)C)CN1C(=O)[C@@H](NC(=O)[C@@H](NC(=O)c1cnccn1)C1CCCCC1)C(C)(C)C. The molecule has 13 heteroatoms. The average molecular weight is 710 g/mol.